The van der Waals surface area contributed by atoms with Gasteiger partial charge in [0.05, 0.1) is 32.6 Å². The molecule has 1 atom stereocenters. The average Bonchev–Trinajstić information content (AvgIpc) is 3.64. The molecule has 35 heavy (non-hydrogen) atoms. The molecule has 1 unspecified atom stereocenters. The summed E-state index contributed by atoms with van der Waals surface area (Å²) in [7, 11) is 4.66. The largest absolute Gasteiger partial charge is 0.497 e. The van der Waals surface area contributed by atoms with Gasteiger partial charge in [-0.25, -0.2) is 9.40 Å². The van der Waals surface area contributed by atoms with Crippen molar-refractivity contribution in [3.63, 3.8) is 0 Å². The number of rotatable bonds is 10. The van der Waals surface area contributed by atoms with Gasteiger partial charge in [0.15, 0.2) is 0 Å². The van der Waals surface area contributed by atoms with Crippen molar-refractivity contribution >= 4 is 17.5 Å². The highest BCUT2D eigenvalue weighted by molar-refractivity contribution is 6.05. The van der Waals surface area contributed by atoms with Crippen molar-refractivity contribution in [3.05, 3.63) is 59.4 Å². The maximum atomic E-state index is 14.8. The number of halogens is 1. The molecule has 2 aliphatic rings. The Balaban J connectivity index is 1.66. The van der Waals surface area contributed by atoms with E-state index >= 15 is 0 Å². The van der Waals surface area contributed by atoms with Gasteiger partial charge in [0.1, 0.15) is 23.9 Å². The quantitative estimate of drug-likeness (QED) is 0.518. The molecule has 0 aromatic heterocycles. The summed E-state index contributed by atoms with van der Waals surface area (Å²) in [6.07, 6.45) is 1.96. The van der Waals surface area contributed by atoms with Crippen LogP contribution >= 0.6 is 0 Å². The van der Waals surface area contributed by atoms with Crippen molar-refractivity contribution < 1.29 is 28.2 Å². The minimum Gasteiger partial charge on any atom is -0.497 e. The van der Waals surface area contributed by atoms with Crippen LogP contribution in [0, 0.1) is 11.7 Å². The summed E-state index contributed by atoms with van der Waals surface area (Å²) in [5.74, 6) is 0.260. The van der Waals surface area contributed by atoms with Gasteiger partial charge >= 0.3 is 0 Å². The number of carbonyl (C=O) groups excluding carboxylic acids is 2. The zero-order chi connectivity index (χ0) is 24.9. The Morgan fingerprint density at radius 2 is 1.89 bits per heavy atom. The fourth-order valence-electron chi connectivity index (χ4n) is 4.22. The summed E-state index contributed by atoms with van der Waals surface area (Å²) in [5.41, 5.74) is 1.64. The molecule has 1 fully saturated rings. The number of hydrogen-bond donors (Lipinski definition) is 0. The van der Waals surface area contributed by atoms with Crippen LogP contribution in [0.15, 0.2) is 47.6 Å². The van der Waals surface area contributed by atoms with Gasteiger partial charge in [-0.3, -0.25) is 9.59 Å². The zero-order valence-electron chi connectivity index (χ0n) is 20.2. The van der Waals surface area contributed by atoms with Gasteiger partial charge in [-0.05, 0) is 31.0 Å². The second-order valence-corrected chi connectivity index (χ2v) is 8.62. The fourth-order valence-corrected chi connectivity index (χ4v) is 4.22. The molecule has 9 heteroatoms. The summed E-state index contributed by atoms with van der Waals surface area (Å²) < 4.78 is 30.8. The number of ether oxygens (including phenoxy) is 3. The number of nitrogens with zero attached hydrogens (tertiary/aromatic N) is 3. The Morgan fingerprint density at radius 3 is 2.54 bits per heavy atom. The van der Waals surface area contributed by atoms with Crippen LogP contribution in [0.4, 0.5) is 4.39 Å². The molecule has 8 nitrogen and oxygen atoms in total. The lowest BCUT2D eigenvalue weighted by Gasteiger charge is -2.27. The van der Waals surface area contributed by atoms with E-state index in [2.05, 4.69) is 5.10 Å². The lowest BCUT2D eigenvalue weighted by Crippen LogP contribution is -2.43. The molecular formula is C26H30FN3O5. The van der Waals surface area contributed by atoms with Crippen molar-refractivity contribution in [2.75, 3.05) is 41.0 Å². The van der Waals surface area contributed by atoms with E-state index in [4.69, 9.17) is 14.2 Å². The second kappa shape index (κ2) is 10.9. The van der Waals surface area contributed by atoms with Crippen molar-refractivity contribution in [2.45, 2.75) is 25.3 Å². The molecule has 2 aromatic carbocycles. The molecule has 1 aliphatic carbocycles. The fraction of sp³-hybridized carbons (Fsp3) is 0.423. The van der Waals surface area contributed by atoms with E-state index in [1.807, 2.05) is 6.07 Å². The summed E-state index contributed by atoms with van der Waals surface area (Å²) in [6.45, 7) is 0.471. The Labute approximate surface area is 204 Å². The number of benzene rings is 2. The third-order valence-corrected chi connectivity index (χ3v) is 6.28. The monoisotopic (exact) mass is 483 g/mol. The molecule has 1 heterocycles. The number of methoxy groups -OCH3 is 3. The maximum absolute atomic E-state index is 14.8. The van der Waals surface area contributed by atoms with E-state index in [1.165, 1.54) is 16.0 Å². The molecule has 186 valence electrons. The Bertz CT molecular complexity index is 1120. The predicted octanol–water partition coefficient (Wildman–Crippen LogP) is 3.41. The first kappa shape index (κ1) is 24.7. The van der Waals surface area contributed by atoms with Gasteiger partial charge in [0.2, 0.25) is 5.91 Å². The number of carbonyl (C=O) groups is 2. The van der Waals surface area contributed by atoms with E-state index in [-0.39, 0.29) is 24.3 Å². The summed E-state index contributed by atoms with van der Waals surface area (Å²) in [6, 6.07) is 11.0. The minimum atomic E-state index is -0.647. The molecular weight excluding hydrogens is 453 g/mol. The first-order valence-electron chi connectivity index (χ1n) is 11.6. The molecule has 0 saturated heterocycles. The first-order valence-corrected chi connectivity index (χ1v) is 11.6. The van der Waals surface area contributed by atoms with Crippen LogP contribution in [-0.4, -0.2) is 68.5 Å². The van der Waals surface area contributed by atoms with Gasteiger partial charge < -0.3 is 19.1 Å². The van der Waals surface area contributed by atoms with Crippen LogP contribution in [0.25, 0.3) is 0 Å². The van der Waals surface area contributed by atoms with E-state index in [0.717, 1.165) is 12.8 Å². The minimum absolute atomic E-state index is 0.0387. The molecule has 0 bridgehead atoms. The smallest absolute Gasteiger partial charge is 0.262 e. The molecule has 0 spiro atoms. The summed E-state index contributed by atoms with van der Waals surface area (Å²) in [5, 5.41) is 5.92. The van der Waals surface area contributed by atoms with Crippen LogP contribution in [0.5, 0.6) is 11.5 Å². The van der Waals surface area contributed by atoms with E-state index in [0.29, 0.717) is 47.9 Å². The van der Waals surface area contributed by atoms with Crippen LogP contribution in [-0.2, 0) is 14.3 Å². The zero-order valence-corrected chi connectivity index (χ0v) is 20.2. The highest BCUT2D eigenvalue weighted by atomic mass is 19.1. The lowest BCUT2D eigenvalue weighted by atomic mass is 9.97. The van der Waals surface area contributed by atoms with Gasteiger partial charge in [0.25, 0.3) is 5.91 Å². The third kappa shape index (κ3) is 5.45. The van der Waals surface area contributed by atoms with Crippen LogP contribution in [0.3, 0.4) is 0 Å². The number of amides is 2. The molecule has 4 rings (SSSR count). The van der Waals surface area contributed by atoms with E-state index < -0.39 is 11.9 Å². The van der Waals surface area contributed by atoms with Gasteiger partial charge in [-0.15, -0.1) is 0 Å². The molecule has 1 saturated carbocycles. The molecule has 0 N–H and O–H groups in total. The highest BCUT2D eigenvalue weighted by Gasteiger charge is 2.38. The summed E-state index contributed by atoms with van der Waals surface area (Å²) >= 11 is 0. The van der Waals surface area contributed by atoms with Crippen molar-refractivity contribution in [1.29, 1.82) is 0 Å². The highest BCUT2D eigenvalue weighted by Crippen LogP contribution is 2.37. The predicted molar refractivity (Wildman–Crippen MR) is 128 cm³/mol. The number of hydrazone groups is 1. The first-order chi connectivity index (χ1) is 17.0. The SMILES string of the molecule is COCCN(CC(=O)N1N=C(c2ccc(OC)cc2OC)CC1c1ccccc1F)C(=O)C1CC1. The van der Waals surface area contributed by atoms with Crippen molar-refractivity contribution in [3.8, 4) is 11.5 Å². The third-order valence-electron chi connectivity index (χ3n) is 6.28. The van der Waals surface area contributed by atoms with E-state index in [9.17, 15) is 14.0 Å². The number of hydrogen-bond acceptors (Lipinski definition) is 6. The maximum Gasteiger partial charge on any atom is 0.262 e. The summed E-state index contributed by atoms with van der Waals surface area (Å²) in [4.78, 5) is 27.8. The molecule has 1 aliphatic heterocycles. The van der Waals surface area contributed by atoms with Crippen LogP contribution in [0.2, 0.25) is 0 Å². The Morgan fingerprint density at radius 1 is 1.11 bits per heavy atom. The molecule has 2 amide bonds. The van der Waals surface area contributed by atoms with Gasteiger partial charge in [-0.1, -0.05) is 18.2 Å². The normalized spacial score (nSPS) is 17.2. The second-order valence-electron chi connectivity index (χ2n) is 8.62. The van der Waals surface area contributed by atoms with E-state index in [1.54, 1.807) is 51.7 Å². The standard InChI is InChI=1S/C26H30FN3O5/c1-33-13-12-29(26(32)17-8-9-17)16-25(31)30-23(19-6-4-5-7-21(19)27)15-22(28-30)20-11-10-18(34-2)14-24(20)35-3/h4-7,10-11,14,17,23H,8-9,12-13,15-16H2,1-3H3. The Kier molecular flexibility index (Phi) is 7.65. The Hall–Kier alpha value is -3.46. The lowest BCUT2D eigenvalue weighted by molar-refractivity contribution is -0.142. The van der Waals surface area contributed by atoms with Crippen LogP contribution in [0.1, 0.15) is 36.4 Å². The topological polar surface area (TPSA) is 80.7 Å². The van der Waals surface area contributed by atoms with Gasteiger partial charge in [-0.2, -0.15) is 5.10 Å². The average molecular weight is 484 g/mol. The van der Waals surface area contributed by atoms with Crippen LogP contribution < -0.4 is 9.47 Å². The van der Waals surface area contributed by atoms with Crippen molar-refractivity contribution in [2.24, 2.45) is 11.0 Å². The van der Waals surface area contributed by atoms with Gasteiger partial charge in [0, 0.05) is 43.2 Å². The van der Waals surface area contributed by atoms with Crippen molar-refractivity contribution in [1.82, 2.24) is 9.91 Å². The molecule has 0 radical (unpaired) electrons. The molecule has 2 aromatic rings.